The number of amides is 4. The van der Waals surface area contributed by atoms with E-state index >= 15 is 0 Å². The number of hydrogen-bond acceptors (Lipinski definition) is 21. The van der Waals surface area contributed by atoms with Gasteiger partial charge in [-0.25, -0.2) is 52.6 Å². The van der Waals surface area contributed by atoms with Crippen LogP contribution in [0.3, 0.4) is 0 Å². The Labute approximate surface area is 840 Å². The first-order valence-corrected chi connectivity index (χ1v) is 53.4. The first kappa shape index (κ1) is 114. The molecule has 0 aliphatic rings. The minimum atomic E-state index is -3.73. The van der Waals surface area contributed by atoms with E-state index in [-0.39, 0.29) is 121 Å². The summed E-state index contributed by atoms with van der Waals surface area (Å²) in [6.07, 6.45) is 1.42. The standard InChI is InChI=1S/C28H34N2O6S.2C28H34N2O5S.C25H36N2O5S/c1-21(2)28(31)30(17-16-29-37(32,33)25-13-11-24(34-3)12-14-25)19-23-10-15-26(27(18-23)35-4)36-20-22-8-6-5-7-9-22;1-21(2)28(31)30(17-16-29-36(32,33)25-13-10-22(3)11-14-25)19-24-12-15-26(27(18-24)34-4)35-20-23-8-6-5-7-9-23;1-22(2)28(31)30(17-16-29-36(32,33)21-24-12-8-5-9-13-24)19-25-14-15-26(27(18-25)34-3)35-20-23-10-6-4-7-11-23;1-5-6-16-33(29,30)26-14-15-27(25(28)20(2)3)18-22-12-13-23(24(17-22)31-4)32-19-21-10-8-7-9-11-21/h5-15,18,21,29H,16-17,19-20H2,1-4H3;5-15,18,21,29H,16-17,19-20H2,1-4H3;4-15,18,22,29H,16-17,19-21H2,1-3H3;7-13,17,20,26H,5-6,14-16,18-19H2,1-4H3. The normalized spacial score (nSPS) is 11.3. The maximum atomic E-state index is 12.9. The van der Waals surface area contributed by atoms with Crippen LogP contribution in [0.4, 0.5) is 0 Å². The van der Waals surface area contributed by atoms with Gasteiger partial charge in [-0.3, -0.25) is 19.2 Å². The topological polar surface area (TPSA) is 349 Å². The highest BCUT2D eigenvalue weighted by atomic mass is 32.2. The first-order valence-electron chi connectivity index (χ1n) is 47.1. The number of sulfonamides is 4. The highest BCUT2D eigenvalue weighted by molar-refractivity contribution is 7.90. The summed E-state index contributed by atoms with van der Waals surface area (Å²) < 4.78 is 161. The summed E-state index contributed by atoms with van der Waals surface area (Å²) >= 11 is 0. The van der Waals surface area contributed by atoms with Gasteiger partial charge in [-0.05, 0) is 148 Å². The van der Waals surface area contributed by atoms with Crippen LogP contribution in [-0.2, 0) is 118 Å². The fourth-order valence-corrected chi connectivity index (χ4v) is 18.7. The molecule has 4 N–H and O–H groups in total. The van der Waals surface area contributed by atoms with Gasteiger partial charge < -0.3 is 62.2 Å². The van der Waals surface area contributed by atoms with E-state index in [1.807, 2.05) is 269 Å². The van der Waals surface area contributed by atoms with Crippen molar-refractivity contribution in [3.05, 3.63) is 329 Å². The Balaban J connectivity index is 0.000000232. The van der Waals surface area contributed by atoms with Crippen molar-refractivity contribution in [3.8, 4) is 51.7 Å². The van der Waals surface area contributed by atoms with Crippen LogP contribution in [0.15, 0.2) is 283 Å². The maximum Gasteiger partial charge on any atom is 0.240 e. The molecule has 0 bridgehead atoms. The zero-order valence-corrected chi connectivity index (χ0v) is 87.2. The van der Waals surface area contributed by atoms with E-state index in [9.17, 15) is 52.8 Å². The van der Waals surface area contributed by atoms with E-state index in [1.54, 1.807) is 109 Å². The number of rotatable bonds is 52. The molecule has 0 saturated heterocycles. The smallest absolute Gasteiger partial charge is 0.240 e. The summed E-state index contributed by atoms with van der Waals surface area (Å²) in [5.41, 5.74) is 9.32. The van der Waals surface area contributed by atoms with Crippen LogP contribution in [0.25, 0.3) is 0 Å². The molecule has 11 aromatic carbocycles. The lowest BCUT2D eigenvalue weighted by Crippen LogP contribution is -2.40. The molecule has 0 heterocycles. The number of aryl methyl sites for hydroxylation is 1. The average molecular weight is 2020 g/mol. The predicted octanol–water partition coefficient (Wildman–Crippen LogP) is 17.1. The second-order valence-electron chi connectivity index (χ2n) is 34.7. The highest BCUT2D eigenvalue weighted by Crippen LogP contribution is 2.35. The average Bonchev–Trinajstić information content (AvgIpc) is 0.843. The SMILES string of the molecule is CCCCS(=O)(=O)NCCN(Cc1ccc(OCc2ccccc2)c(OC)c1)C(=O)C(C)C.COc1cc(CN(CCNS(=O)(=O)Cc2ccccc2)C(=O)C(C)C)ccc1OCc1ccccc1.COc1cc(CN(CCNS(=O)(=O)c2ccc(C)cc2)C(=O)C(C)C)ccc1OCc1ccccc1.COc1ccc(S(=O)(=O)NCCN(Cc2ccc(OCc3ccccc3)c(OC)c2)C(=O)C(C)C)cc1. The predicted molar refractivity (Wildman–Crippen MR) is 554 cm³/mol. The second-order valence-corrected chi connectivity index (χ2v) is 42.0. The fraction of sp³-hybridized carbons (Fsp3) is 0.358. The van der Waals surface area contributed by atoms with Gasteiger partial charge in [0.15, 0.2) is 46.0 Å². The molecule has 29 nitrogen and oxygen atoms in total. The van der Waals surface area contributed by atoms with E-state index in [1.165, 1.54) is 19.2 Å². The molecule has 142 heavy (non-hydrogen) atoms. The van der Waals surface area contributed by atoms with E-state index in [0.717, 1.165) is 56.5 Å². The van der Waals surface area contributed by atoms with Crippen LogP contribution < -0.4 is 61.5 Å². The largest absolute Gasteiger partial charge is 0.497 e. The Morgan fingerprint density at radius 1 is 0.289 bits per heavy atom. The number of unbranched alkanes of at least 4 members (excludes halogenated alkanes) is 1. The van der Waals surface area contributed by atoms with Crippen LogP contribution in [0.5, 0.6) is 51.7 Å². The molecule has 0 spiro atoms. The Bertz CT molecular complexity index is 6200. The molecular weight excluding hydrogens is 1890 g/mol. The third kappa shape index (κ3) is 39.2. The molecule has 0 aromatic heterocycles. The second kappa shape index (κ2) is 58.5. The number of carbonyl (C=O) groups excluding carboxylic acids is 4. The van der Waals surface area contributed by atoms with Crippen molar-refractivity contribution in [3.63, 3.8) is 0 Å². The first-order chi connectivity index (χ1) is 67.9. The van der Waals surface area contributed by atoms with Gasteiger partial charge in [-0.15, -0.1) is 0 Å². The van der Waals surface area contributed by atoms with Crippen LogP contribution in [-0.4, -0.2) is 171 Å². The number of nitrogens with one attached hydrogen (secondary N) is 4. The lowest BCUT2D eigenvalue weighted by Gasteiger charge is -2.25. The zero-order valence-electron chi connectivity index (χ0n) is 83.9. The van der Waals surface area contributed by atoms with Crippen molar-refractivity contribution in [1.82, 2.24) is 38.5 Å². The van der Waals surface area contributed by atoms with Crippen molar-refractivity contribution in [1.29, 1.82) is 0 Å². The summed E-state index contributed by atoms with van der Waals surface area (Å²) in [6.45, 7) is 22.9. The Kier molecular flexibility index (Phi) is 47.1. The number of methoxy groups -OCH3 is 5. The lowest BCUT2D eigenvalue weighted by molar-refractivity contribution is -0.135. The molecule has 0 saturated carbocycles. The van der Waals surface area contributed by atoms with Gasteiger partial charge in [0.25, 0.3) is 0 Å². The van der Waals surface area contributed by atoms with Crippen molar-refractivity contribution < 1.29 is 95.5 Å². The van der Waals surface area contributed by atoms with E-state index in [0.29, 0.717) is 116 Å². The van der Waals surface area contributed by atoms with E-state index in [4.69, 9.17) is 42.6 Å². The molecule has 0 aliphatic heterocycles. The Morgan fingerprint density at radius 2 is 0.542 bits per heavy atom. The van der Waals surface area contributed by atoms with Crippen LogP contribution in [0.2, 0.25) is 0 Å². The van der Waals surface area contributed by atoms with Gasteiger partial charge >= 0.3 is 0 Å². The Hall–Kier alpha value is -12.9. The summed E-state index contributed by atoms with van der Waals surface area (Å²) in [4.78, 5) is 58.4. The summed E-state index contributed by atoms with van der Waals surface area (Å²) in [5.74, 6) is 4.18. The number of ether oxygens (including phenoxy) is 9. The number of hydrogen-bond donors (Lipinski definition) is 4. The minimum absolute atomic E-state index is 0.0360. The van der Waals surface area contributed by atoms with Gasteiger partial charge in [0.2, 0.25) is 63.7 Å². The third-order valence-corrected chi connectivity index (χ3v) is 27.8. The monoisotopic (exact) mass is 2020 g/mol. The zero-order chi connectivity index (χ0) is 103. The van der Waals surface area contributed by atoms with Gasteiger partial charge in [0.1, 0.15) is 32.2 Å². The van der Waals surface area contributed by atoms with E-state index in [2.05, 4.69) is 18.9 Å². The van der Waals surface area contributed by atoms with Gasteiger partial charge in [-0.1, -0.05) is 262 Å². The molecule has 33 heteroatoms. The molecule has 0 aliphatic carbocycles. The van der Waals surface area contributed by atoms with Crippen LogP contribution >= 0.6 is 0 Å². The molecule has 0 atom stereocenters. The quantitative estimate of drug-likeness (QED) is 0.0275. The maximum absolute atomic E-state index is 12.9. The Morgan fingerprint density at radius 3 is 0.796 bits per heavy atom. The van der Waals surface area contributed by atoms with Gasteiger partial charge in [0.05, 0.1) is 56.8 Å². The molecule has 0 unspecified atom stereocenters. The van der Waals surface area contributed by atoms with E-state index < -0.39 is 40.1 Å². The van der Waals surface area contributed by atoms with Crippen LogP contribution in [0, 0.1) is 30.6 Å². The van der Waals surface area contributed by atoms with Crippen molar-refractivity contribution >= 4 is 63.7 Å². The van der Waals surface area contributed by atoms with Crippen molar-refractivity contribution in [2.24, 2.45) is 23.7 Å². The number of carbonyl (C=O) groups is 4. The molecule has 11 aromatic rings. The fourth-order valence-electron chi connectivity index (χ4n) is 14.3. The molecule has 764 valence electrons. The summed E-state index contributed by atoms with van der Waals surface area (Å²) in [6, 6.07) is 83.4. The molecule has 4 amide bonds. The lowest BCUT2D eigenvalue weighted by atomic mass is 10.1. The number of benzene rings is 11. The van der Waals surface area contributed by atoms with Crippen molar-refractivity contribution in [2.75, 3.05) is 93.7 Å². The van der Waals surface area contributed by atoms with Crippen LogP contribution in [0.1, 0.15) is 131 Å². The van der Waals surface area contributed by atoms with Gasteiger partial charge in [0, 0.05) is 102 Å². The third-order valence-electron chi connectivity index (χ3n) is 22.0. The highest BCUT2D eigenvalue weighted by Gasteiger charge is 2.27. The van der Waals surface area contributed by atoms with Crippen molar-refractivity contribution in [2.45, 2.75) is 150 Å². The summed E-state index contributed by atoms with van der Waals surface area (Å²) in [7, 11) is -6.42. The number of nitrogens with zero attached hydrogens (tertiary/aromatic N) is 4. The molecule has 11 rings (SSSR count). The minimum Gasteiger partial charge on any atom is -0.497 e. The summed E-state index contributed by atoms with van der Waals surface area (Å²) in [5, 5.41) is 0. The van der Waals surface area contributed by atoms with Gasteiger partial charge in [-0.2, -0.15) is 0 Å². The molecular formula is C109H138N8O21S4. The molecule has 0 radical (unpaired) electrons. The molecule has 0 fully saturated rings.